The lowest BCUT2D eigenvalue weighted by Crippen LogP contribution is -2.29. The van der Waals surface area contributed by atoms with Crippen LogP contribution < -0.4 is 14.4 Å². The summed E-state index contributed by atoms with van der Waals surface area (Å²) in [6.07, 6.45) is -2.13. The molecule has 0 spiro atoms. The number of anilines is 1. The Hall–Kier alpha value is -4.34. The normalized spacial score (nSPS) is 17.4. The van der Waals surface area contributed by atoms with Crippen LogP contribution in [-0.4, -0.2) is 34.2 Å². The van der Waals surface area contributed by atoms with Crippen molar-refractivity contribution in [2.75, 3.05) is 4.90 Å². The van der Waals surface area contributed by atoms with Gasteiger partial charge in [-0.25, -0.2) is 0 Å². The van der Waals surface area contributed by atoms with E-state index in [0.717, 1.165) is 17.0 Å². The number of alkyl halides is 3. The van der Waals surface area contributed by atoms with Gasteiger partial charge in [0.05, 0.1) is 17.7 Å². The molecule has 4 rings (SSSR count). The van der Waals surface area contributed by atoms with Crippen LogP contribution in [-0.2, 0) is 9.59 Å². The van der Waals surface area contributed by atoms with Gasteiger partial charge in [0.1, 0.15) is 17.3 Å². The molecule has 10 heteroatoms. The topological polar surface area (TPSA) is 89.0 Å². The molecule has 2 aromatic carbocycles. The van der Waals surface area contributed by atoms with E-state index in [0.29, 0.717) is 16.9 Å². The van der Waals surface area contributed by atoms with E-state index in [4.69, 9.17) is 4.74 Å². The first-order chi connectivity index (χ1) is 17.5. The van der Waals surface area contributed by atoms with Crippen molar-refractivity contribution < 1.29 is 37.3 Å². The van der Waals surface area contributed by atoms with Gasteiger partial charge >= 0.3 is 6.36 Å². The molecule has 2 heterocycles. The molecule has 37 heavy (non-hydrogen) atoms. The van der Waals surface area contributed by atoms with E-state index in [-0.39, 0.29) is 22.9 Å². The number of hydrogen-bond donors (Lipinski definition) is 1. The second kappa shape index (κ2) is 9.96. The van der Waals surface area contributed by atoms with Gasteiger partial charge in [-0.3, -0.25) is 19.5 Å². The molecule has 0 bridgehead atoms. The number of rotatable bonds is 6. The average Bonchev–Trinajstić information content (AvgIpc) is 3.10. The number of amides is 1. The molecule has 7 nitrogen and oxygen atoms in total. The maximum Gasteiger partial charge on any atom is 0.573 e. The molecule has 1 amide bonds. The molecule has 1 aromatic heterocycles. The van der Waals surface area contributed by atoms with Gasteiger partial charge in [-0.1, -0.05) is 6.07 Å². The number of aliphatic hydroxyl groups is 1. The summed E-state index contributed by atoms with van der Waals surface area (Å²) in [5.74, 6) is -2.38. The van der Waals surface area contributed by atoms with Gasteiger partial charge in [0.25, 0.3) is 11.7 Å². The third kappa shape index (κ3) is 5.42. The summed E-state index contributed by atoms with van der Waals surface area (Å²) < 4.78 is 48.1. The van der Waals surface area contributed by atoms with Crippen LogP contribution in [0.5, 0.6) is 11.5 Å². The zero-order chi connectivity index (χ0) is 26.9. The Morgan fingerprint density at radius 3 is 2.38 bits per heavy atom. The minimum Gasteiger partial charge on any atom is -0.507 e. The maximum atomic E-state index is 13.2. The van der Waals surface area contributed by atoms with Crippen molar-refractivity contribution in [1.82, 2.24) is 4.98 Å². The predicted octanol–water partition coefficient (Wildman–Crippen LogP) is 5.70. The van der Waals surface area contributed by atoms with Crippen LogP contribution >= 0.6 is 0 Å². The van der Waals surface area contributed by atoms with Crippen LogP contribution in [0.15, 0.2) is 72.6 Å². The highest BCUT2D eigenvalue weighted by Gasteiger charge is 2.47. The van der Waals surface area contributed by atoms with E-state index < -0.39 is 35.6 Å². The second-order valence-corrected chi connectivity index (χ2v) is 8.64. The van der Waals surface area contributed by atoms with Crippen molar-refractivity contribution in [1.29, 1.82) is 0 Å². The molecule has 1 saturated heterocycles. The first kappa shape index (κ1) is 25.7. The molecule has 3 aromatic rings. The van der Waals surface area contributed by atoms with E-state index >= 15 is 0 Å². The number of ketones is 1. The second-order valence-electron chi connectivity index (χ2n) is 8.64. The quantitative estimate of drug-likeness (QED) is 0.259. The summed E-state index contributed by atoms with van der Waals surface area (Å²) >= 11 is 0. The number of benzene rings is 2. The molecular weight excluding hydrogens is 489 g/mol. The van der Waals surface area contributed by atoms with Gasteiger partial charge in [-0.05, 0) is 74.4 Å². The fourth-order valence-electron chi connectivity index (χ4n) is 4.13. The van der Waals surface area contributed by atoms with Crippen LogP contribution in [0.4, 0.5) is 18.9 Å². The number of ether oxygens (including phenoxy) is 2. The van der Waals surface area contributed by atoms with Crippen LogP contribution in [0.25, 0.3) is 5.76 Å². The Morgan fingerprint density at radius 1 is 1.05 bits per heavy atom. The molecule has 0 aliphatic carbocycles. The van der Waals surface area contributed by atoms with Crippen LogP contribution in [0.2, 0.25) is 0 Å². The predicted molar refractivity (Wildman–Crippen MR) is 129 cm³/mol. The molecule has 1 N–H and O–H groups in total. The van der Waals surface area contributed by atoms with Crippen molar-refractivity contribution in [3.05, 3.63) is 89.3 Å². The minimum atomic E-state index is -4.94. The lowest BCUT2D eigenvalue weighted by molar-refractivity contribution is -0.274. The Balaban J connectivity index is 1.85. The van der Waals surface area contributed by atoms with Gasteiger partial charge in [0.15, 0.2) is 0 Å². The molecule has 192 valence electrons. The summed E-state index contributed by atoms with van der Waals surface area (Å²) in [5.41, 5.74) is 1.18. The molecule has 1 aliphatic heterocycles. The van der Waals surface area contributed by atoms with Crippen LogP contribution in [0, 0.1) is 6.92 Å². The first-order valence-corrected chi connectivity index (χ1v) is 11.3. The third-order valence-corrected chi connectivity index (χ3v) is 5.61. The average molecular weight is 512 g/mol. The largest absolute Gasteiger partial charge is 0.573 e. The van der Waals surface area contributed by atoms with E-state index in [1.807, 2.05) is 13.8 Å². The summed E-state index contributed by atoms with van der Waals surface area (Å²) in [7, 11) is 0. The van der Waals surface area contributed by atoms with Crippen LogP contribution in [0.3, 0.4) is 0 Å². The van der Waals surface area contributed by atoms with Crippen molar-refractivity contribution >= 4 is 23.1 Å². The van der Waals surface area contributed by atoms with E-state index in [1.54, 1.807) is 37.3 Å². The van der Waals surface area contributed by atoms with E-state index in [1.165, 1.54) is 24.5 Å². The highest BCUT2D eigenvalue weighted by Crippen LogP contribution is 2.43. The van der Waals surface area contributed by atoms with Gasteiger partial charge in [-0.2, -0.15) is 0 Å². The fraction of sp³-hybridized carbons (Fsp3) is 0.222. The van der Waals surface area contributed by atoms with Gasteiger partial charge < -0.3 is 14.6 Å². The number of aryl methyl sites for hydroxylation is 1. The van der Waals surface area contributed by atoms with Crippen molar-refractivity contribution in [3.8, 4) is 11.5 Å². The lowest BCUT2D eigenvalue weighted by Gasteiger charge is -2.25. The number of carbonyl (C=O) groups excluding carboxylic acids is 2. The number of halogens is 3. The highest BCUT2D eigenvalue weighted by atomic mass is 19.4. The maximum absolute atomic E-state index is 13.2. The Morgan fingerprint density at radius 2 is 1.76 bits per heavy atom. The monoisotopic (exact) mass is 512 g/mol. The number of hydrogen-bond acceptors (Lipinski definition) is 6. The number of nitrogens with zero attached hydrogens (tertiary/aromatic N) is 2. The van der Waals surface area contributed by atoms with Crippen molar-refractivity contribution in [3.63, 3.8) is 0 Å². The Bertz CT molecular complexity index is 1370. The molecule has 1 fully saturated rings. The molecular formula is C27H23F3N2O5. The zero-order valence-corrected chi connectivity index (χ0v) is 20.1. The third-order valence-electron chi connectivity index (χ3n) is 5.61. The zero-order valence-electron chi connectivity index (χ0n) is 20.1. The van der Waals surface area contributed by atoms with Gasteiger partial charge in [0, 0.05) is 29.7 Å². The van der Waals surface area contributed by atoms with Gasteiger partial charge in [0.2, 0.25) is 0 Å². The number of aliphatic hydroxyl groups excluding tert-OH is 1. The SMILES string of the molecule is Cc1cc(/C(O)=C2\C(=O)C(=O)N(c3cccc(OC(F)(F)F)c3)C2c2ccncc2)ccc1OC(C)C. The smallest absolute Gasteiger partial charge is 0.507 e. The van der Waals surface area contributed by atoms with E-state index in [2.05, 4.69) is 9.72 Å². The van der Waals surface area contributed by atoms with Gasteiger partial charge in [-0.15, -0.1) is 13.2 Å². The number of Topliss-reactive ketones (excluding diaryl/α,β-unsaturated/α-hetero) is 1. The summed E-state index contributed by atoms with van der Waals surface area (Å²) in [6, 6.07) is 11.6. The molecule has 0 radical (unpaired) electrons. The van der Waals surface area contributed by atoms with Crippen molar-refractivity contribution in [2.45, 2.75) is 39.3 Å². The fourth-order valence-corrected chi connectivity index (χ4v) is 4.13. The molecule has 1 aliphatic rings. The van der Waals surface area contributed by atoms with Crippen LogP contribution in [0.1, 0.15) is 36.6 Å². The first-order valence-electron chi connectivity index (χ1n) is 11.3. The lowest BCUT2D eigenvalue weighted by atomic mass is 9.95. The summed E-state index contributed by atoms with van der Waals surface area (Å²) in [5, 5.41) is 11.3. The Kier molecular flexibility index (Phi) is 6.93. The molecule has 1 atom stereocenters. The number of pyridine rings is 1. The highest BCUT2D eigenvalue weighted by molar-refractivity contribution is 6.51. The van der Waals surface area contributed by atoms with E-state index in [9.17, 15) is 27.9 Å². The summed E-state index contributed by atoms with van der Waals surface area (Å²) in [6.45, 7) is 5.52. The number of carbonyl (C=O) groups is 2. The minimum absolute atomic E-state index is 0.0124. The standard InChI is InChI=1S/C27H23F3N2O5/c1-15(2)36-21-8-7-18(13-16(21)3)24(33)22-23(17-9-11-31-12-10-17)32(26(35)25(22)34)19-5-4-6-20(14-19)37-27(28,29)30/h4-15,23,33H,1-3H3/b24-22+. The summed E-state index contributed by atoms with van der Waals surface area (Å²) in [4.78, 5) is 31.4. The Labute approximate surface area is 210 Å². The molecule has 0 saturated carbocycles. The van der Waals surface area contributed by atoms with Crippen molar-refractivity contribution in [2.24, 2.45) is 0 Å². The molecule has 1 unspecified atom stereocenters. The number of aromatic nitrogens is 1.